The molecule has 0 spiro atoms. The summed E-state index contributed by atoms with van der Waals surface area (Å²) in [7, 11) is 0. The van der Waals surface area contributed by atoms with E-state index >= 15 is 0 Å². The molecule has 0 aliphatic carbocycles. The topological polar surface area (TPSA) is 57.6 Å². The van der Waals surface area contributed by atoms with Crippen LogP contribution in [-0.4, -0.2) is 46.5 Å². The van der Waals surface area contributed by atoms with Gasteiger partial charge in [-0.15, -0.1) is 0 Å². The normalized spacial score (nSPS) is 12.2. The van der Waals surface area contributed by atoms with Crippen molar-refractivity contribution in [2.75, 3.05) is 18.6 Å². The summed E-state index contributed by atoms with van der Waals surface area (Å²) in [4.78, 5) is 23.9. The lowest BCUT2D eigenvalue weighted by Gasteiger charge is -2.26. The molecule has 0 saturated carbocycles. The van der Waals surface area contributed by atoms with Gasteiger partial charge in [0.15, 0.2) is 0 Å². The zero-order valence-corrected chi connectivity index (χ0v) is 11.0. The first kappa shape index (κ1) is 15.3. The highest BCUT2D eigenvalue weighted by Crippen LogP contribution is 2.08. The first-order valence-corrected chi connectivity index (χ1v) is 6.92. The Kier molecular flexibility index (Phi) is 8.07. The van der Waals surface area contributed by atoms with Crippen molar-refractivity contribution < 1.29 is 14.7 Å². The Hall–Kier alpha value is -0.710. The minimum atomic E-state index is -0.946. The Morgan fingerprint density at radius 1 is 1.44 bits per heavy atom. The third kappa shape index (κ3) is 6.00. The van der Waals surface area contributed by atoms with Crippen LogP contribution in [0.3, 0.4) is 0 Å². The lowest BCUT2D eigenvalue weighted by molar-refractivity contribution is -0.146. The second-order valence-corrected chi connectivity index (χ2v) is 4.75. The lowest BCUT2D eigenvalue weighted by Crippen LogP contribution is -2.41. The van der Waals surface area contributed by atoms with Crippen molar-refractivity contribution in [1.29, 1.82) is 0 Å². The van der Waals surface area contributed by atoms with Crippen LogP contribution in [0.5, 0.6) is 0 Å². The lowest BCUT2D eigenvalue weighted by atomic mass is 10.2. The van der Waals surface area contributed by atoms with Crippen molar-refractivity contribution >= 4 is 23.6 Å². The minimum Gasteiger partial charge on any atom is -0.480 e. The summed E-state index contributed by atoms with van der Waals surface area (Å²) in [6, 6.07) is -0.00196. The molecule has 0 bridgehead atoms. The smallest absolute Gasteiger partial charge is 0.323 e. The maximum atomic E-state index is 11.8. The van der Waals surface area contributed by atoms with Crippen molar-refractivity contribution in [2.45, 2.75) is 39.2 Å². The largest absolute Gasteiger partial charge is 0.480 e. The minimum absolute atomic E-state index is 0.00196. The summed E-state index contributed by atoms with van der Waals surface area (Å²) >= 11 is 1.70. The molecule has 0 aliphatic heterocycles. The Balaban J connectivity index is 4.26. The summed E-state index contributed by atoms with van der Waals surface area (Å²) in [6.07, 6.45) is 4.03. The van der Waals surface area contributed by atoms with Crippen molar-refractivity contribution in [2.24, 2.45) is 0 Å². The number of carbonyl (C=O) groups excluding carboxylic acids is 1. The summed E-state index contributed by atoms with van der Waals surface area (Å²) in [5.41, 5.74) is 0. The summed E-state index contributed by atoms with van der Waals surface area (Å²) < 4.78 is 0. The molecule has 1 atom stereocenters. The number of rotatable bonds is 8. The van der Waals surface area contributed by atoms with Gasteiger partial charge in [0, 0.05) is 12.5 Å². The number of aliphatic carboxylic acids is 1. The van der Waals surface area contributed by atoms with Gasteiger partial charge in [-0.3, -0.25) is 9.59 Å². The number of amides is 1. The fourth-order valence-electron chi connectivity index (χ4n) is 1.37. The molecular weight excluding hydrogens is 226 g/mol. The van der Waals surface area contributed by atoms with E-state index in [4.69, 9.17) is 5.11 Å². The molecule has 1 N–H and O–H groups in total. The van der Waals surface area contributed by atoms with E-state index < -0.39 is 5.97 Å². The summed E-state index contributed by atoms with van der Waals surface area (Å²) in [5, 5.41) is 8.75. The van der Waals surface area contributed by atoms with Gasteiger partial charge in [-0.25, -0.2) is 0 Å². The van der Waals surface area contributed by atoms with Crippen LogP contribution in [0.2, 0.25) is 0 Å². The quantitative estimate of drug-likeness (QED) is 0.665. The Labute approximate surface area is 101 Å². The molecule has 0 aromatic carbocycles. The van der Waals surface area contributed by atoms with E-state index in [9.17, 15) is 9.59 Å². The maximum Gasteiger partial charge on any atom is 0.323 e. The number of hydrogen-bond acceptors (Lipinski definition) is 3. The summed E-state index contributed by atoms with van der Waals surface area (Å²) in [5.74, 6) is -0.0583. The molecule has 0 radical (unpaired) electrons. The third-order valence-electron chi connectivity index (χ3n) is 2.49. The number of nitrogens with zero attached hydrogens (tertiary/aromatic N) is 1. The van der Waals surface area contributed by atoms with Crippen LogP contribution in [0, 0.1) is 0 Å². The van der Waals surface area contributed by atoms with Crippen molar-refractivity contribution in [3.8, 4) is 0 Å². The monoisotopic (exact) mass is 247 g/mol. The summed E-state index contributed by atoms with van der Waals surface area (Å²) in [6.45, 7) is 3.65. The highest BCUT2D eigenvalue weighted by atomic mass is 32.2. The highest BCUT2D eigenvalue weighted by Gasteiger charge is 2.20. The highest BCUT2D eigenvalue weighted by molar-refractivity contribution is 7.98. The molecule has 16 heavy (non-hydrogen) atoms. The predicted molar refractivity (Wildman–Crippen MR) is 66.7 cm³/mol. The van der Waals surface area contributed by atoms with Crippen LogP contribution in [0.15, 0.2) is 0 Å². The second kappa shape index (κ2) is 8.44. The van der Waals surface area contributed by atoms with Crippen LogP contribution < -0.4 is 0 Å². The zero-order valence-electron chi connectivity index (χ0n) is 10.2. The number of carbonyl (C=O) groups is 2. The van der Waals surface area contributed by atoms with Gasteiger partial charge < -0.3 is 10.0 Å². The first-order valence-electron chi connectivity index (χ1n) is 5.53. The number of carboxylic acids is 1. The number of carboxylic acid groups (broad SMARTS) is 1. The first-order chi connectivity index (χ1) is 7.52. The van der Waals surface area contributed by atoms with E-state index in [2.05, 4.69) is 0 Å². The van der Waals surface area contributed by atoms with Crippen molar-refractivity contribution in [1.82, 2.24) is 4.90 Å². The maximum absolute atomic E-state index is 11.8. The van der Waals surface area contributed by atoms with E-state index in [0.717, 1.165) is 18.6 Å². The van der Waals surface area contributed by atoms with Crippen molar-refractivity contribution in [3.63, 3.8) is 0 Å². The molecule has 0 aliphatic rings. The molecule has 94 valence electrons. The van der Waals surface area contributed by atoms with Gasteiger partial charge in [0.25, 0.3) is 0 Å². The van der Waals surface area contributed by atoms with Crippen molar-refractivity contribution in [3.05, 3.63) is 0 Å². The van der Waals surface area contributed by atoms with Crippen LogP contribution >= 0.6 is 11.8 Å². The third-order valence-corrected chi connectivity index (χ3v) is 3.18. The van der Waals surface area contributed by atoms with E-state index in [-0.39, 0.29) is 18.5 Å². The molecule has 0 aromatic heterocycles. The molecule has 0 fully saturated rings. The Morgan fingerprint density at radius 2 is 2.06 bits per heavy atom. The predicted octanol–water partition coefficient (Wildman–Crippen LogP) is 1.84. The molecular formula is C11H21NO3S. The van der Waals surface area contributed by atoms with E-state index in [1.54, 1.807) is 11.8 Å². The number of thioether (sulfide) groups is 1. The molecule has 1 amide bonds. The SMILES string of the molecule is CCC(C)N(CC(=O)O)C(=O)CCCSC. The molecule has 1 unspecified atom stereocenters. The van der Waals surface area contributed by atoms with Crippen LogP contribution in [0.1, 0.15) is 33.1 Å². The molecule has 0 rings (SSSR count). The average molecular weight is 247 g/mol. The van der Waals surface area contributed by atoms with Gasteiger partial charge >= 0.3 is 5.97 Å². The van der Waals surface area contributed by atoms with Gasteiger partial charge in [-0.2, -0.15) is 11.8 Å². The zero-order chi connectivity index (χ0) is 12.6. The van der Waals surface area contributed by atoms with E-state index in [1.165, 1.54) is 4.90 Å². The van der Waals surface area contributed by atoms with Crippen LogP contribution in [0.4, 0.5) is 0 Å². The van der Waals surface area contributed by atoms with Gasteiger partial charge in [0.2, 0.25) is 5.91 Å². The van der Waals surface area contributed by atoms with Gasteiger partial charge in [-0.05, 0) is 31.8 Å². The average Bonchev–Trinajstić information content (AvgIpc) is 2.24. The molecule has 0 heterocycles. The standard InChI is InChI=1S/C11H21NO3S/c1-4-9(2)12(8-11(14)15)10(13)6-5-7-16-3/h9H,4-8H2,1-3H3,(H,14,15). The van der Waals surface area contributed by atoms with Crippen LogP contribution in [-0.2, 0) is 9.59 Å². The Bertz CT molecular complexity index is 233. The van der Waals surface area contributed by atoms with E-state index in [0.29, 0.717) is 6.42 Å². The van der Waals surface area contributed by atoms with Gasteiger partial charge in [-0.1, -0.05) is 6.92 Å². The van der Waals surface area contributed by atoms with E-state index in [1.807, 2.05) is 20.1 Å². The molecule has 4 nitrogen and oxygen atoms in total. The molecule has 0 saturated heterocycles. The van der Waals surface area contributed by atoms with Gasteiger partial charge in [0.05, 0.1) is 0 Å². The number of hydrogen-bond donors (Lipinski definition) is 1. The fraction of sp³-hybridized carbons (Fsp3) is 0.818. The molecule has 5 heteroatoms. The Morgan fingerprint density at radius 3 is 2.50 bits per heavy atom. The van der Waals surface area contributed by atoms with Crippen LogP contribution in [0.25, 0.3) is 0 Å². The molecule has 0 aromatic rings. The fourth-order valence-corrected chi connectivity index (χ4v) is 1.80. The van der Waals surface area contributed by atoms with Gasteiger partial charge in [0.1, 0.15) is 6.54 Å². The second-order valence-electron chi connectivity index (χ2n) is 3.77.